The number of pyridine rings is 2. The lowest BCUT2D eigenvalue weighted by molar-refractivity contribution is 0.732. The second-order valence-electron chi connectivity index (χ2n) is 7.94. The number of hydrogen-bond donors (Lipinski definition) is 0. The third kappa shape index (κ3) is 3.31. The maximum atomic E-state index is 13.1. The fourth-order valence-electron chi connectivity index (χ4n) is 4.05. The Morgan fingerprint density at radius 1 is 0.938 bits per heavy atom. The average Bonchev–Trinajstić information content (AvgIpc) is 3.10. The van der Waals surface area contributed by atoms with Crippen LogP contribution in [-0.2, 0) is 6.54 Å². The molecule has 0 saturated carbocycles. The Bertz CT molecular complexity index is 1630. The van der Waals surface area contributed by atoms with Crippen LogP contribution in [0.1, 0.15) is 22.5 Å². The van der Waals surface area contributed by atoms with Gasteiger partial charge in [-0.05, 0) is 50.6 Å². The third-order valence-corrected chi connectivity index (χ3v) is 5.79. The van der Waals surface area contributed by atoms with E-state index in [0.29, 0.717) is 22.0 Å². The van der Waals surface area contributed by atoms with Crippen LogP contribution in [0.15, 0.2) is 64.3 Å². The van der Waals surface area contributed by atoms with Crippen molar-refractivity contribution in [3.05, 3.63) is 103 Å². The lowest BCUT2D eigenvalue weighted by atomic mass is 10.1. The Morgan fingerprint density at radius 3 is 2.44 bits per heavy atom. The summed E-state index contributed by atoms with van der Waals surface area (Å²) in [5.74, 6) is 0. The van der Waals surface area contributed by atoms with E-state index in [4.69, 9.17) is 16.7 Å². The first-order chi connectivity index (χ1) is 15.3. The van der Waals surface area contributed by atoms with E-state index in [0.717, 1.165) is 27.9 Å². The number of hydrogen-bond acceptors (Lipinski definition) is 4. The predicted octanol–water partition coefficient (Wildman–Crippen LogP) is 3.82. The zero-order valence-electron chi connectivity index (χ0n) is 17.8. The van der Waals surface area contributed by atoms with E-state index in [1.54, 1.807) is 27.4 Å². The van der Waals surface area contributed by atoms with Gasteiger partial charge in [0.2, 0.25) is 0 Å². The van der Waals surface area contributed by atoms with Crippen LogP contribution in [0.4, 0.5) is 0 Å². The van der Waals surface area contributed by atoms with Crippen LogP contribution in [-0.4, -0.2) is 23.7 Å². The lowest BCUT2D eigenvalue weighted by Gasteiger charge is -2.13. The molecule has 7 nitrogen and oxygen atoms in total. The molecule has 4 heterocycles. The van der Waals surface area contributed by atoms with E-state index in [1.165, 1.54) is 16.7 Å². The maximum Gasteiger partial charge on any atom is 0.258 e. The summed E-state index contributed by atoms with van der Waals surface area (Å²) in [6.45, 7) is 6.00. The monoisotopic (exact) mass is 445 g/mol. The van der Waals surface area contributed by atoms with Crippen LogP contribution in [0, 0.1) is 20.8 Å². The van der Waals surface area contributed by atoms with Crippen molar-refractivity contribution in [1.29, 1.82) is 0 Å². The summed E-state index contributed by atoms with van der Waals surface area (Å²) in [6.07, 6.45) is 1.53. The molecule has 0 aliphatic carbocycles. The smallest absolute Gasteiger partial charge is 0.258 e. The zero-order chi connectivity index (χ0) is 22.6. The number of benzene rings is 1. The molecular formula is C24H20ClN5O2. The van der Waals surface area contributed by atoms with E-state index < -0.39 is 0 Å². The molecule has 0 atom stereocenters. The lowest BCUT2D eigenvalue weighted by Crippen LogP contribution is -2.24. The number of aryl methyl sites for hydroxylation is 3. The fourth-order valence-corrected chi connectivity index (χ4v) is 4.21. The molecule has 0 fully saturated rings. The normalized spacial score (nSPS) is 11.5. The zero-order valence-corrected chi connectivity index (χ0v) is 18.6. The minimum absolute atomic E-state index is 0.140. The summed E-state index contributed by atoms with van der Waals surface area (Å²) in [7, 11) is 0. The van der Waals surface area contributed by atoms with Gasteiger partial charge in [-0.2, -0.15) is 5.10 Å². The van der Waals surface area contributed by atoms with Crippen molar-refractivity contribution in [2.24, 2.45) is 0 Å². The highest BCUT2D eigenvalue weighted by Gasteiger charge is 2.18. The minimum Gasteiger partial charge on any atom is -0.286 e. The molecule has 0 aliphatic heterocycles. The molecule has 1 aromatic carbocycles. The molecule has 4 aromatic heterocycles. The van der Waals surface area contributed by atoms with Crippen molar-refractivity contribution in [2.45, 2.75) is 27.3 Å². The van der Waals surface area contributed by atoms with E-state index in [-0.39, 0.29) is 17.7 Å². The third-order valence-electron chi connectivity index (χ3n) is 5.57. The molecule has 0 amide bonds. The summed E-state index contributed by atoms with van der Waals surface area (Å²) in [6, 6.07) is 14.4. The second kappa shape index (κ2) is 7.46. The molecule has 0 unspecified atom stereocenters. The number of halogens is 1. The van der Waals surface area contributed by atoms with Gasteiger partial charge in [0, 0.05) is 23.7 Å². The van der Waals surface area contributed by atoms with E-state index in [2.05, 4.69) is 4.98 Å². The highest BCUT2D eigenvalue weighted by Crippen LogP contribution is 2.24. The molecule has 0 bridgehead atoms. The van der Waals surface area contributed by atoms with Gasteiger partial charge in [-0.25, -0.2) is 9.67 Å². The second-order valence-corrected chi connectivity index (χ2v) is 8.38. The topological polar surface area (TPSA) is 74.2 Å². The number of nitrogens with zero attached hydrogens (tertiary/aromatic N) is 5. The van der Waals surface area contributed by atoms with Crippen LogP contribution >= 0.6 is 11.6 Å². The van der Waals surface area contributed by atoms with Gasteiger partial charge < -0.3 is 0 Å². The Labute approximate surface area is 188 Å². The molecule has 8 heteroatoms. The molecule has 0 spiro atoms. The predicted molar refractivity (Wildman–Crippen MR) is 125 cm³/mol. The standard InChI is InChI=1S/C24H20ClN5O2/c1-14-4-7-19(8-5-14)30-24-23(16(3)27-30)15(2)10-21(31)29(24)13-18-11-22(32)28-12-17(25)6-9-20(28)26-18/h4-12H,13H2,1-3H3. The molecule has 5 aromatic rings. The van der Waals surface area contributed by atoms with Crippen molar-refractivity contribution in [2.75, 3.05) is 0 Å². The highest BCUT2D eigenvalue weighted by molar-refractivity contribution is 6.30. The van der Waals surface area contributed by atoms with Gasteiger partial charge >= 0.3 is 0 Å². The molecular weight excluding hydrogens is 426 g/mol. The van der Waals surface area contributed by atoms with E-state index in [1.807, 2.05) is 45.0 Å². The van der Waals surface area contributed by atoms with Gasteiger partial charge in [0.15, 0.2) is 0 Å². The molecule has 0 saturated heterocycles. The largest absolute Gasteiger partial charge is 0.286 e. The highest BCUT2D eigenvalue weighted by atomic mass is 35.5. The van der Waals surface area contributed by atoms with Gasteiger partial charge in [-0.15, -0.1) is 0 Å². The van der Waals surface area contributed by atoms with Crippen molar-refractivity contribution < 1.29 is 0 Å². The van der Waals surface area contributed by atoms with E-state index >= 15 is 0 Å². The van der Waals surface area contributed by atoms with Crippen LogP contribution in [0.3, 0.4) is 0 Å². The van der Waals surface area contributed by atoms with Gasteiger partial charge in [-0.1, -0.05) is 29.3 Å². The minimum atomic E-state index is -0.257. The average molecular weight is 446 g/mol. The number of fused-ring (bicyclic) bond motifs is 2. The molecule has 0 N–H and O–H groups in total. The van der Waals surface area contributed by atoms with Crippen molar-refractivity contribution >= 4 is 28.3 Å². The van der Waals surface area contributed by atoms with Crippen LogP contribution in [0.5, 0.6) is 0 Å². The van der Waals surface area contributed by atoms with Crippen molar-refractivity contribution in [1.82, 2.24) is 23.7 Å². The van der Waals surface area contributed by atoms with Gasteiger partial charge in [0.05, 0.1) is 28.6 Å². The summed E-state index contributed by atoms with van der Waals surface area (Å²) in [4.78, 5) is 30.3. The Morgan fingerprint density at radius 2 is 1.69 bits per heavy atom. The van der Waals surface area contributed by atoms with Crippen molar-refractivity contribution in [3.8, 4) is 5.69 Å². The first kappa shape index (κ1) is 20.2. The summed E-state index contributed by atoms with van der Waals surface area (Å²) >= 11 is 6.01. The Kier molecular flexibility index (Phi) is 4.71. The van der Waals surface area contributed by atoms with E-state index in [9.17, 15) is 9.59 Å². The van der Waals surface area contributed by atoms with Gasteiger partial charge in [-0.3, -0.25) is 18.6 Å². The molecule has 160 valence electrons. The van der Waals surface area contributed by atoms with Crippen LogP contribution in [0.25, 0.3) is 22.4 Å². The molecule has 0 aliphatic rings. The van der Waals surface area contributed by atoms with Crippen LogP contribution in [0.2, 0.25) is 5.02 Å². The summed E-state index contributed by atoms with van der Waals surface area (Å²) in [5.41, 5.74) is 4.87. The first-order valence-electron chi connectivity index (χ1n) is 10.2. The van der Waals surface area contributed by atoms with Gasteiger partial charge in [0.25, 0.3) is 11.1 Å². The fraction of sp³-hybridized carbons (Fsp3) is 0.167. The number of rotatable bonds is 3. The summed E-state index contributed by atoms with van der Waals surface area (Å²) in [5, 5.41) is 6.09. The first-order valence-corrected chi connectivity index (χ1v) is 10.5. The molecule has 32 heavy (non-hydrogen) atoms. The van der Waals surface area contributed by atoms with Gasteiger partial charge in [0.1, 0.15) is 11.3 Å². The quantitative estimate of drug-likeness (QED) is 0.423. The SMILES string of the molecule is Cc1ccc(-n2nc(C)c3c(C)cc(=O)n(Cc4cc(=O)n5cc(Cl)ccc5n4)c32)cc1. The molecule has 0 radical (unpaired) electrons. The Hall–Kier alpha value is -3.71. The molecule has 5 rings (SSSR count). The number of aromatic nitrogens is 5. The Balaban J connectivity index is 1.75. The van der Waals surface area contributed by atoms with Crippen LogP contribution < -0.4 is 11.1 Å². The maximum absolute atomic E-state index is 13.1. The summed E-state index contributed by atoms with van der Waals surface area (Å²) < 4.78 is 4.79. The van der Waals surface area contributed by atoms with Crippen molar-refractivity contribution in [3.63, 3.8) is 0 Å².